The van der Waals surface area contributed by atoms with E-state index in [2.05, 4.69) is 10.6 Å². The highest BCUT2D eigenvalue weighted by molar-refractivity contribution is 5.81. The Morgan fingerprint density at radius 3 is 2.57 bits per heavy atom. The Labute approximate surface area is 122 Å². The molecule has 21 heavy (non-hydrogen) atoms. The summed E-state index contributed by atoms with van der Waals surface area (Å²) in [5, 5.41) is 5.86. The highest BCUT2D eigenvalue weighted by Crippen LogP contribution is 2.19. The van der Waals surface area contributed by atoms with E-state index in [1.807, 2.05) is 0 Å². The predicted molar refractivity (Wildman–Crippen MR) is 74.9 cm³/mol. The lowest BCUT2D eigenvalue weighted by Crippen LogP contribution is -2.51. The minimum Gasteiger partial charge on any atom is -0.466 e. The number of hydrogen-bond acceptors (Lipinski definition) is 4. The van der Waals surface area contributed by atoms with Gasteiger partial charge in [-0.15, -0.1) is 0 Å². The molecule has 2 N–H and O–H groups in total. The molecule has 5 nitrogen and oxygen atoms in total. The summed E-state index contributed by atoms with van der Waals surface area (Å²) in [5.41, 5.74) is 0.685. The van der Waals surface area contributed by atoms with E-state index in [4.69, 9.17) is 4.74 Å². The summed E-state index contributed by atoms with van der Waals surface area (Å²) in [6, 6.07) is 5.25. The van der Waals surface area contributed by atoms with Crippen molar-refractivity contribution >= 4 is 11.9 Å². The fourth-order valence-corrected chi connectivity index (χ4v) is 2.10. The predicted octanol–water partition coefficient (Wildman–Crippen LogP) is 1.16. The SMILES string of the molecule is CCOC(=O)CC(NC(=O)C1CNC1)c1ccc(F)cc1. The third kappa shape index (κ3) is 4.26. The molecule has 0 saturated carbocycles. The molecular formula is C15H19FN2O3. The van der Waals surface area contributed by atoms with Crippen molar-refractivity contribution in [1.82, 2.24) is 10.6 Å². The van der Waals surface area contributed by atoms with Gasteiger partial charge >= 0.3 is 5.97 Å². The molecule has 1 amide bonds. The summed E-state index contributed by atoms with van der Waals surface area (Å²) in [7, 11) is 0. The summed E-state index contributed by atoms with van der Waals surface area (Å²) in [6.07, 6.45) is 0.0331. The molecular weight excluding hydrogens is 275 g/mol. The van der Waals surface area contributed by atoms with E-state index in [-0.39, 0.29) is 36.6 Å². The van der Waals surface area contributed by atoms with Gasteiger partial charge in [0.05, 0.1) is 25.0 Å². The largest absolute Gasteiger partial charge is 0.466 e. The van der Waals surface area contributed by atoms with E-state index in [9.17, 15) is 14.0 Å². The van der Waals surface area contributed by atoms with Crippen molar-refractivity contribution in [3.05, 3.63) is 35.6 Å². The monoisotopic (exact) mass is 294 g/mol. The number of carbonyl (C=O) groups excluding carboxylic acids is 2. The number of benzene rings is 1. The van der Waals surface area contributed by atoms with Gasteiger partial charge in [0, 0.05) is 13.1 Å². The van der Waals surface area contributed by atoms with Gasteiger partial charge in [-0.05, 0) is 24.6 Å². The van der Waals surface area contributed by atoms with Crippen LogP contribution in [0.1, 0.15) is 24.9 Å². The molecule has 0 aromatic heterocycles. The van der Waals surface area contributed by atoms with Crippen LogP contribution in [0.15, 0.2) is 24.3 Å². The summed E-state index contributed by atoms with van der Waals surface area (Å²) in [5.74, 6) is -0.926. The smallest absolute Gasteiger partial charge is 0.308 e. The van der Waals surface area contributed by atoms with Gasteiger partial charge in [-0.1, -0.05) is 12.1 Å². The molecule has 0 aliphatic carbocycles. The molecule has 1 saturated heterocycles. The number of amides is 1. The van der Waals surface area contributed by atoms with Crippen LogP contribution in [-0.2, 0) is 14.3 Å². The van der Waals surface area contributed by atoms with Gasteiger partial charge in [0.1, 0.15) is 5.82 Å². The molecule has 1 heterocycles. The maximum absolute atomic E-state index is 13.0. The Kier molecular flexibility index (Phi) is 5.27. The molecule has 1 fully saturated rings. The number of carbonyl (C=O) groups is 2. The van der Waals surface area contributed by atoms with Crippen LogP contribution in [-0.4, -0.2) is 31.6 Å². The van der Waals surface area contributed by atoms with Crippen LogP contribution in [0.25, 0.3) is 0 Å². The van der Waals surface area contributed by atoms with Crippen molar-refractivity contribution in [2.45, 2.75) is 19.4 Å². The maximum atomic E-state index is 13.0. The second kappa shape index (κ2) is 7.17. The Hall–Kier alpha value is -1.95. The normalized spacial score (nSPS) is 15.9. The van der Waals surface area contributed by atoms with E-state index in [1.54, 1.807) is 19.1 Å². The molecule has 6 heteroatoms. The highest BCUT2D eigenvalue weighted by Gasteiger charge is 2.28. The van der Waals surface area contributed by atoms with Gasteiger partial charge in [-0.25, -0.2) is 4.39 Å². The quantitative estimate of drug-likeness (QED) is 0.773. The van der Waals surface area contributed by atoms with Crippen molar-refractivity contribution in [3.63, 3.8) is 0 Å². The zero-order chi connectivity index (χ0) is 15.2. The summed E-state index contributed by atoms with van der Waals surface area (Å²) in [4.78, 5) is 23.7. The number of hydrogen-bond donors (Lipinski definition) is 2. The van der Waals surface area contributed by atoms with Gasteiger partial charge in [0.2, 0.25) is 5.91 Å². The van der Waals surface area contributed by atoms with Crippen molar-refractivity contribution in [3.8, 4) is 0 Å². The Bertz CT molecular complexity index is 500. The first kappa shape index (κ1) is 15.4. The molecule has 1 aliphatic rings. The Balaban J connectivity index is 2.06. The van der Waals surface area contributed by atoms with E-state index >= 15 is 0 Å². The van der Waals surface area contributed by atoms with Crippen LogP contribution in [0.4, 0.5) is 4.39 Å². The lowest BCUT2D eigenvalue weighted by atomic mass is 9.99. The van der Waals surface area contributed by atoms with Gasteiger partial charge in [-0.3, -0.25) is 9.59 Å². The van der Waals surface area contributed by atoms with Crippen LogP contribution in [0.3, 0.4) is 0 Å². The molecule has 1 atom stereocenters. The second-order valence-corrected chi connectivity index (χ2v) is 4.98. The lowest BCUT2D eigenvalue weighted by molar-refractivity contribution is -0.144. The maximum Gasteiger partial charge on any atom is 0.308 e. The first-order valence-electron chi connectivity index (χ1n) is 7.02. The second-order valence-electron chi connectivity index (χ2n) is 4.98. The molecule has 0 spiro atoms. The average Bonchev–Trinajstić information content (AvgIpc) is 2.37. The molecule has 1 unspecified atom stereocenters. The summed E-state index contributed by atoms with van der Waals surface area (Å²) < 4.78 is 17.9. The zero-order valence-corrected chi connectivity index (χ0v) is 11.9. The molecule has 1 aliphatic heterocycles. The molecule has 1 aromatic carbocycles. The van der Waals surface area contributed by atoms with Crippen LogP contribution in [0.5, 0.6) is 0 Å². The minimum atomic E-state index is -0.502. The first-order valence-corrected chi connectivity index (χ1v) is 7.02. The standard InChI is InChI=1S/C15H19FN2O3/c1-2-21-14(19)7-13(10-3-5-12(16)6-4-10)18-15(20)11-8-17-9-11/h3-6,11,13,17H,2,7-9H2,1H3,(H,18,20). The molecule has 2 rings (SSSR count). The van der Waals surface area contributed by atoms with Crippen LogP contribution < -0.4 is 10.6 Å². The lowest BCUT2D eigenvalue weighted by Gasteiger charge is -2.28. The van der Waals surface area contributed by atoms with Crippen LogP contribution in [0.2, 0.25) is 0 Å². The van der Waals surface area contributed by atoms with Crippen LogP contribution >= 0.6 is 0 Å². The van der Waals surface area contributed by atoms with Crippen molar-refractivity contribution in [2.24, 2.45) is 5.92 Å². The minimum absolute atomic E-state index is 0.0331. The molecule has 0 radical (unpaired) electrons. The first-order chi connectivity index (χ1) is 10.1. The molecule has 0 bridgehead atoms. The summed E-state index contributed by atoms with van der Waals surface area (Å²) >= 11 is 0. The number of halogens is 1. The number of esters is 1. The van der Waals surface area contributed by atoms with Crippen LogP contribution in [0, 0.1) is 11.7 Å². The van der Waals surface area contributed by atoms with Crippen molar-refractivity contribution < 1.29 is 18.7 Å². The third-order valence-corrected chi connectivity index (χ3v) is 3.42. The number of rotatable bonds is 6. The van der Waals surface area contributed by atoms with Gasteiger partial charge in [0.15, 0.2) is 0 Å². The fourth-order valence-electron chi connectivity index (χ4n) is 2.10. The number of ether oxygens (including phenoxy) is 1. The van der Waals surface area contributed by atoms with E-state index in [0.29, 0.717) is 18.7 Å². The molecule has 114 valence electrons. The van der Waals surface area contributed by atoms with Gasteiger partial charge in [0.25, 0.3) is 0 Å². The van der Waals surface area contributed by atoms with E-state index < -0.39 is 6.04 Å². The zero-order valence-electron chi connectivity index (χ0n) is 11.9. The van der Waals surface area contributed by atoms with Gasteiger partial charge < -0.3 is 15.4 Å². The van der Waals surface area contributed by atoms with Crippen molar-refractivity contribution in [2.75, 3.05) is 19.7 Å². The van der Waals surface area contributed by atoms with Crippen molar-refractivity contribution in [1.29, 1.82) is 0 Å². The molecule has 1 aromatic rings. The van der Waals surface area contributed by atoms with Gasteiger partial charge in [-0.2, -0.15) is 0 Å². The highest BCUT2D eigenvalue weighted by atomic mass is 19.1. The Morgan fingerprint density at radius 1 is 1.38 bits per heavy atom. The Morgan fingerprint density at radius 2 is 2.05 bits per heavy atom. The fraction of sp³-hybridized carbons (Fsp3) is 0.467. The third-order valence-electron chi connectivity index (χ3n) is 3.42. The average molecular weight is 294 g/mol. The number of nitrogens with one attached hydrogen (secondary N) is 2. The summed E-state index contributed by atoms with van der Waals surface area (Å²) in [6.45, 7) is 3.29. The van der Waals surface area contributed by atoms with E-state index in [0.717, 1.165) is 0 Å². The topological polar surface area (TPSA) is 67.4 Å². The van der Waals surface area contributed by atoms with E-state index in [1.165, 1.54) is 12.1 Å².